The van der Waals surface area contributed by atoms with Crippen LogP contribution >= 0.6 is 23.4 Å². The predicted octanol–water partition coefficient (Wildman–Crippen LogP) is 2.33. The molecule has 4 nitrogen and oxygen atoms in total. The second-order valence-electron chi connectivity index (χ2n) is 3.67. The summed E-state index contributed by atoms with van der Waals surface area (Å²) in [5.41, 5.74) is 6.19. The van der Waals surface area contributed by atoms with Crippen molar-refractivity contribution in [2.75, 3.05) is 13.1 Å². The Morgan fingerprint density at radius 1 is 1.28 bits per heavy atom. The number of imide groups is 1. The van der Waals surface area contributed by atoms with Gasteiger partial charge in [-0.05, 0) is 35.5 Å². The molecule has 6 heteroatoms. The molecule has 2 amide bonds. The molecule has 0 atom stereocenters. The minimum absolute atomic E-state index is 0.253. The lowest BCUT2D eigenvalue weighted by Crippen LogP contribution is -2.33. The zero-order valence-electron chi connectivity index (χ0n) is 9.43. The van der Waals surface area contributed by atoms with E-state index in [1.807, 2.05) is 0 Å². The van der Waals surface area contributed by atoms with Gasteiger partial charge in [-0.1, -0.05) is 23.7 Å². The minimum Gasteiger partial charge on any atom is -0.329 e. The van der Waals surface area contributed by atoms with Gasteiger partial charge in [0, 0.05) is 18.1 Å². The predicted molar refractivity (Wildman–Crippen MR) is 73.2 cm³/mol. The molecule has 0 spiro atoms. The maximum atomic E-state index is 11.9. The van der Waals surface area contributed by atoms with E-state index in [0.29, 0.717) is 9.93 Å². The average molecular weight is 283 g/mol. The first-order valence-corrected chi connectivity index (χ1v) is 6.52. The molecule has 1 heterocycles. The summed E-state index contributed by atoms with van der Waals surface area (Å²) in [4.78, 5) is 25.1. The quantitative estimate of drug-likeness (QED) is 0.864. The first-order valence-electron chi connectivity index (χ1n) is 5.33. The van der Waals surface area contributed by atoms with Crippen molar-refractivity contribution in [3.63, 3.8) is 0 Å². The Morgan fingerprint density at radius 3 is 2.56 bits per heavy atom. The van der Waals surface area contributed by atoms with E-state index in [2.05, 4.69) is 0 Å². The molecular weight excluding hydrogens is 272 g/mol. The molecule has 0 saturated carbocycles. The number of rotatable bonds is 3. The Morgan fingerprint density at radius 2 is 1.94 bits per heavy atom. The van der Waals surface area contributed by atoms with E-state index >= 15 is 0 Å². The number of thioether (sulfide) groups is 1. The normalized spacial score (nSPS) is 17.9. The van der Waals surface area contributed by atoms with Gasteiger partial charge < -0.3 is 5.73 Å². The van der Waals surface area contributed by atoms with Crippen LogP contribution < -0.4 is 5.73 Å². The Kier molecular flexibility index (Phi) is 4.06. The smallest absolute Gasteiger partial charge is 0.293 e. The van der Waals surface area contributed by atoms with E-state index in [1.54, 1.807) is 30.3 Å². The molecule has 1 aromatic carbocycles. The third-order valence-corrected chi connectivity index (χ3v) is 3.55. The maximum Gasteiger partial charge on any atom is 0.293 e. The number of carbonyl (C=O) groups is 2. The average Bonchev–Trinajstić information content (AvgIpc) is 2.60. The van der Waals surface area contributed by atoms with Crippen molar-refractivity contribution in [2.45, 2.75) is 0 Å². The highest BCUT2D eigenvalue weighted by Crippen LogP contribution is 2.31. The molecule has 0 unspecified atom stereocenters. The molecule has 94 valence electrons. The summed E-state index contributed by atoms with van der Waals surface area (Å²) in [5.74, 6) is -0.287. The minimum atomic E-state index is -0.287. The second-order valence-corrected chi connectivity index (χ2v) is 5.10. The van der Waals surface area contributed by atoms with Crippen molar-refractivity contribution in [3.05, 3.63) is 39.8 Å². The Bertz CT molecular complexity index is 513. The summed E-state index contributed by atoms with van der Waals surface area (Å²) in [6.45, 7) is 0.523. The SMILES string of the molecule is NCCN1C(=O)S/C(=C\c2ccc(Cl)cc2)C1=O. The van der Waals surface area contributed by atoms with E-state index in [1.165, 1.54) is 0 Å². The Hall–Kier alpha value is -1.30. The molecular formula is C12H11ClN2O2S. The highest BCUT2D eigenvalue weighted by molar-refractivity contribution is 8.18. The highest BCUT2D eigenvalue weighted by atomic mass is 35.5. The number of benzene rings is 1. The molecule has 1 aliphatic rings. The van der Waals surface area contributed by atoms with Gasteiger partial charge in [-0.2, -0.15) is 0 Å². The highest BCUT2D eigenvalue weighted by Gasteiger charge is 2.34. The number of hydrogen-bond acceptors (Lipinski definition) is 4. The van der Waals surface area contributed by atoms with Crippen molar-refractivity contribution in [2.24, 2.45) is 5.73 Å². The molecule has 0 bridgehead atoms. The van der Waals surface area contributed by atoms with Crippen molar-refractivity contribution < 1.29 is 9.59 Å². The van der Waals surface area contributed by atoms with E-state index in [4.69, 9.17) is 17.3 Å². The van der Waals surface area contributed by atoms with Crippen LogP contribution in [-0.2, 0) is 4.79 Å². The van der Waals surface area contributed by atoms with Crippen LogP contribution in [0.15, 0.2) is 29.2 Å². The van der Waals surface area contributed by atoms with Crippen molar-refractivity contribution in [1.82, 2.24) is 4.90 Å². The van der Waals surface area contributed by atoms with Crippen LogP contribution in [0, 0.1) is 0 Å². The zero-order chi connectivity index (χ0) is 13.1. The van der Waals surface area contributed by atoms with Crippen molar-refractivity contribution in [1.29, 1.82) is 0 Å². The first-order chi connectivity index (χ1) is 8.61. The zero-order valence-corrected chi connectivity index (χ0v) is 11.0. The van der Waals surface area contributed by atoms with Gasteiger partial charge in [0.1, 0.15) is 0 Å². The lowest BCUT2D eigenvalue weighted by molar-refractivity contribution is -0.122. The lowest BCUT2D eigenvalue weighted by atomic mass is 10.2. The number of amides is 2. The topological polar surface area (TPSA) is 63.4 Å². The molecule has 1 fully saturated rings. The van der Waals surface area contributed by atoms with Crippen LogP contribution in [0.25, 0.3) is 6.08 Å². The lowest BCUT2D eigenvalue weighted by Gasteiger charge is -2.09. The Balaban J connectivity index is 2.22. The standard InChI is InChI=1S/C12H11ClN2O2S/c13-9-3-1-8(2-4-9)7-10-11(16)15(6-5-14)12(17)18-10/h1-4,7H,5-6,14H2/b10-7-. The van der Waals surface area contributed by atoms with Gasteiger partial charge in [0.25, 0.3) is 11.1 Å². The third kappa shape index (κ3) is 2.75. The summed E-state index contributed by atoms with van der Waals surface area (Å²) in [6, 6.07) is 7.05. The molecule has 0 aliphatic carbocycles. The second kappa shape index (κ2) is 5.56. The number of nitrogens with two attached hydrogens (primary N) is 1. The van der Waals surface area contributed by atoms with Crippen LogP contribution in [0.2, 0.25) is 5.02 Å². The number of carbonyl (C=O) groups excluding carboxylic acids is 2. The summed E-state index contributed by atoms with van der Waals surface area (Å²) < 4.78 is 0. The molecule has 2 N–H and O–H groups in total. The van der Waals surface area contributed by atoms with Crippen molar-refractivity contribution in [3.8, 4) is 0 Å². The molecule has 18 heavy (non-hydrogen) atoms. The number of halogens is 1. The van der Waals surface area contributed by atoms with Gasteiger partial charge in [-0.3, -0.25) is 14.5 Å². The third-order valence-electron chi connectivity index (χ3n) is 2.39. The van der Waals surface area contributed by atoms with Crippen LogP contribution in [0.3, 0.4) is 0 Å². The largest absolute Gasteiger partial charge is 0.329 e. The number of nitrogens with zero attached hydrogens (tertiary/aromatic N) is 1. The monoisotopic (exact) mass is 282 g/mol. The summed E-state index contributed by atoms with van der Waals surface area (Å²) in [6.07, 6.45) is 1.68. The van der Waals surface area contributed by atoms with E-state index < -0.39 is 0 Å². The molecule has 1 aromatic rings. The van der Waals surface area contributed by atoms with Crippen LogP contribution in [-0.4, -0.2) is 29.1 Å². The number of hydrogen-bond donors (Lipinski definition) is 1. The molecule has 1 saturated heterocycles. The fourth-order valence-corrected chi connectivity index (χ4v) is 2.52. The molecule has 1 aliphatic heterocycles. The molecule has 0 aromatic heterocycles. The first kappa shape index (κ1) is 13.1. The summed E-state index contributed by atoms with van der Waals surface area (Å²) in [5, 5.41) is 0.356. The van der Waals surface area contributed by atoms with Gasteiger partial charge in [0.15, 0.2) is 0 Å². The molecule has 2 rings (SSSR count). The van der Waals surface area contributed by atoms with Gasteiger partial charge in [0.05, 0.1) is 4.91 Å². The summed E-state index contributed by atoms with van der Waals surface area (Å²) >= 11 is 6.71. The van der Waals surface area contributed by atoms with Gasteiger partial charge in [-0.15, -0.1) is 0 Å². The van der Waals surface area contributed by atoms with E-state index in [-0.39, 0.29) is 24.2 Å². The summed E-state index contributed by atoms with van der Waals surface area (Å²) in [7, 11) is 0. The Labute approximate surface area is 114 Å². The van der Waals surface area contributed by atoms with E-state index in [0.717, 1.165) is 22.2 Å². The van der Waals surface area contributed by atoms with Crippen LogP contribution in [0.1, 0.15) is 5.56 Å². The fourth-order valence-electron chi connectivity index (χ4n) is 1.53. The van der Waals surface area contributed by atoms with Crippen LogP contribution in [0.4, 0.5) is 4.79 Å². The van der Waals surface area contributed by atoms with Crippen LogP contribution in [0.5, 0.6) is 0 Å². The van der Waals surface area contributed by atoms with E-state index in [9.17, 15) is 9.59 Å². The van der Waals surface area contributed by atoms with Gasteiger partial charge in [-0.25, -0.2) is 0 Å². The van der Waals surface area contributed by atoms with Gasteiger partial charge in [0.2, 0.25) is 0 Å². The fraction of sp³-hybridized carbons (Fsp3) is 0.167. The molecule has 0 radical (unpaired) electrons. The maximum absolute atomic E-state index is 11.9. The van der Waals surface area contributed by atoms with Gasteiger partial charge >= 0.3 is 0 Å². The van der Waals surface area contributed by atoms with Crippen molar-refractivity contribution >= 4 is 40.6 Å².